The molecule has 3 heterocycles. The second-order valence-corrected chi connectivity index (χ2v) is 9.95. The lowest BCUT2D eigenvalue weighted by atomic mass is 9.78. The Balaban J connectivity index is 1.26. The molecule has 5 nitrogen and oxygen atoms in total. The molecule has 2 unspecified atom stereocenters. The Morgan fingerprint density at radius 1 is 1.17 bits per heavy atom. The van der Waals surface area contributed by atoms with Crippen LogP contribution in [0.5, 0.6) is 0 Å². The zero-order valence-corrected chi connectivity index (χ0v) is 19.9. The van der Waals surface area contributed by atoms with E-state index in [9.17, 15) is 0 Å². The van der Waals surface area contributed by atoms with E-state index < -0.39 is 0 Å². The molecule has 2 aromatic rings. The van der Waals surface area contributed by atoms with E-state index in [1.54, 1.807) is 6.20 Å². The topological polar surface area (TPSA) is 57.1 Å². The predicted molar refractivity (Wildman–Crippen MR) is 123 cm³/mol. The van der Waals surface area contributed by atoms with Crippen molar-refractivity contribution < 1.29 is 9.47 Å². The van der Waals surface area contributed by atoms with Gasteiger partial charge in [0.05, 0.1) is 20.6 Å². The summed E-state index contributed by atoms with van der Waals surface area (Å²) in [6, 6.07) is 0. The van der Waals surface area contributed by atoms with Crippen LogP contribution in [0.15, 0.2) is 12.4 Å². The molecule has 2 fully saturated rings. The van der Waals surface area contributed by atoms with Gasteiger partial charge in [-0.25, -0.2) is 15.0 Å². The Hall–Kier alpha value is -0.570. The quantitative estimate of drug-likeness (QED) is 0.342. The first-order valence-corrected chi connectivity index (χ1v) is 12.3. The highest BCUT2D eigenvalue weighted by atomic mass is 127. The highest BCUT2D eigenvalue weighted by Gasteiger charge is 2.28. The maximum atomic E-state index is 6.19. The summed E-state index contributed by atoms with van der Waals surface area (Å²) in [7, 11) is 0. The summed E-state index contributed by atoms with van der Waals surface area (Å²) in [4.78, 5) is 13.5. The number of halogens is 2. The smallest absolute Gasteiger partial charge is 0.157 e. The van der Waals surface area contributed by atoms with E-state index in [0.29, 0.717) is 17.2 Å². The van der Waals surface area contributed by atoms with Crippen molar-refractivity contribution in [2.45, 2.75) is 77.1 Å². The molecule has 0 aromatic carbocycles. The van der Waals surface area contributed by atoms with E-state index in [1.807, 2.05) is 6.20 Å². The van der Waals surface area contributed by atoms with Gasteiger partial charge in [-0.2, -0.15) is 0 Å². The third kappa shape index (κ3) is 5.57. The summed E-state index contributed by atoms with van der Waals surface area (Å²) in [6.07, 6.45) is 14.3. The lowest BCUT2D eigenvalue weighted by molar-refractivity contribution is -0.195. The molecule has 1 saturated carbocycles. The number of hydrogen-bond acceptors (Lipinski definition) is 5. The molecule has 0 radical (unpaired) electrons. The fourth-order valence-electron chi connectivity index (χ4n) is 4.54. The van der Waals surface area contributed by atoms with Gasteiger partial charge in [-0.05, 0) is 85.8 Å². The van der Waals surface area contributed by atoms with E-state index >= 15 is 0 Å². The summed E-state index contributed by atoms with van der Waals surface area (Å²) in [6.45, 7) is 3.23. The zero-order valence-electron chi connectivity index (χ0n) is 16.9. The molecule has 0 spiro atoms. The Morgan fingerprint density at radius 2 is 2.00 bits per heavy atom. The SMILES string of the molecule is CC(CCc1ncc2c(Cl)ncc(I)c2n1)[C@H]1CC[C@H](OC2CCCCO2)CC1. The van der Waals surface area contributed by atoms with E-state index in [1.165, 1.54) is 25.7 Å². The van der Waals surface area contributed by atoms with Gasteiger partial charge in [0, 0.05) is 25.4 Å². The molecule has 158 valence electrons. The van der Waals surface area contributed by atoms with Crippen molar-refractivity contribution in [2.75, 3.05) is 6.61 Å². The molecule has 4 rings (SSSR count). The van der Waals surface area contributed by atoms with Gasteiger partial charge in [0.2, 0.25) is 0 Å². The maximum Gasteiger partial charge on any atom is 0.157 e. The highest BCUT2D eigenvalue weighted by Crippen LogP contribution is 2.34. The number of aryl methyl sites for hydroxylation is 1. The fraction of sp³-hybridized carbons (Fsp3) is 0.682. The van der Waals surface area contributed by atoms with Gasteiger partial charge in [-0.15, -0.1) is 0 Å². The van der Waals surface area contributed by atoms with Gasteiger partial charge >= 0.3 is 0 Å². The number of fused-ring (bicyclic) bond motifs is 1. The number of nitrogens with zero attached hydrogens (tertiary/aromatic N) is 3. The number of aromatic nitrogens is 3. The fourth-order valence-corrected chi connectivity index (χ4v) is 5.27. The van der Waals surface area contributed by atoms with Crippen LogP contribution in [0.4, 0.5) is 0 Å². The summed E-state index contributed by atoms with van der Waals surface area (Å²) in [5.74, 6) is 2.33. The number of pyridine rings is 1. The average molecular weight is 530 g/mol. The molecular formula is C22H29ClIN3O2. The molecule has 0 bridgehead atoms. The van der Waals surface area contributed by atoms with Crippen molar-refractivity contribution in [3.8, 4) is 0 Å². The minimum atomic E-state index is 0.0410. The minimum absolute atomic E-state index is 0.0410. The molecule has 2 aromatic heterocycles. The second kappa shape index (κ2) is 10.2. The number of rotatable bonds is 6. The Bertz CT molecular complexity index is 823. The van der Waals surface area contributed by atoms with Crippen LogP contribution in [0.3, 0.4) is 0 Å². The van der Waals surface area contributed by atoms with Gasteiger partial charge in [0.25, 0.3) is 0 Å². The molecule has 0 N–H and O–H groups in total. The van der Waals surface area contributed by atoms with E-state index in [2.05, 4.69) is 39.5 Å². The van der Waals surface area contributed by atoms with Crippen molar-refractivity contribution >= 4 is 45.1 Å². The van der Waals surface area contributed by atoms with Crippen molar-refractivity contribution in [1.82, 2.24) is 15.0 Å². The third-order valence-corrected chi connectivity index (χ3v) is 7.50. The van der Waals surface area contributed by atoms with Crippen LogP contribution >= 0.6 is 34.2 Å². The lowest BCUT2D eigenvalue weighted by Crippen LogP contribution is -2.31. The highest BCUT2D eigenvalue weighted by molar-refractivity contribution is 14.1. The summed E-state index contributed by atoms with van der Waals surface area (Å²) >= 11 is 8.43. The van der Waals surface area contributed by atoms with Crippen LogP contribution in [0.25, 0.3) is 10.9 Å². The lowest BCUT2D eigenvalue weighted by Gasteiger charge is -2.35. The molecular weight excluding hydrogens is 501 g/mol. The molecule has 1 aliphatic heterocycles. The molecule has 29 heavy (non-hydrogen) atoms. The van der Waals surface area contributed by atoms with Crippen LogP contribution in [0.2, 0.25) is 5.15 Å². The van der Waals surface area contributed by atoms with Crippen LogP contribution < -0.4 is 0 Å². The van der Waals surface area contributed by atoms with Gasteiger partial charge < -0.3 is 9.47 Å². The van der Waals surface area contributed by atoms with Gasteiger partial charge in [-0.3, -0.25) is 0 Å². The van der Waals surface area contributed by atoms with E-state index in [0.717, 1.165) is 64.9 Å². The normalized spacial score (nSPS) is 26.5. The molecule has 2 atom stereocenters. The van der Waals surface area contributed by atoms with Gasteiger partial charge in [0.15, 0.2) is 6.29 Å². The molecule has 2 aliphatic rings. The van der Waals surface area contributed by atoms with Crippen molar-refractivity contribution in [3.05, 3.63) is 26.9 Å². The Kier molecular flexibility index (Phi) is 7.59. The molecule has 7 heteroatoms. The molecule has 0 amide bonds. The first kappa shape index (κ1) is 21.7. The Labute approximate surface area is 191 Å². The summed E-state index contributed by atoms with van der Waals surface area (Å²) in [5, 5.41) is 1.30. The zero-order chi connectivity index (χ0) is 20.2. The molecule has 1 aliphatic carbocycles. The predicted octanol–water partition coefficient (Wildman–Crippen LogP) is 5.95. The monoisotopic (exact) mass is 529 g/mol. The molecule has 1 saturated heterocycles. The maximum absolute atomic E-state index is 6.19. The number of ether oxygens (including phenoxy) is 2. The first-order valence-electron chi connectivity index (χ1n) is 10.8. The largest absolute Gasteiger partial charge is 0.353 e. The van der Waals surface area contributed by atoms with Crippen LogP contribution in [-0.2, 0) is 15.9 Å². The first-order chi connectivity index (χ1) is 14.1. The number of hydrogen-bond donors (Lipinski definition) is 0. The van der Waals surface area contributed by atoms with E-state index in [-0.39, 0.29) is 6.29 Å². The van der Waals surface area contributed by atoms with Crippen molar-refractivity contribution in [3.63, 3.8) is 0 Å². The van der Waals surface area contributed by atoms with Crippen molar-refractivity contribution in [2.24, 2.45) is 11.8 Å². The van der Waals surface area contributed by atoms with Crippen LogP contribution in [-0.4, -0.2) is 34.0 Å². The average Bonchev–Trinajstić information content (AvgIpc) is 2.76. The summed E-state index contributed by atoms with van der Waals surface area (Å²) in [5.41, 5.74) is 0.908. The van der Waals surface area contributed by atoms with Crippen LogP contribution in [0, 0.1) is 15.4 Å². The van der Waals surface area contributed by atoms with Crippen molar-refractivity contribution in [1.29, 1.82) is 0 Å². The minimum Gasteiger partial charge on any atom is -0.353 e. The van der Waals surface area contributed by atoms with Crippen LogP contribution in [0.1, 0.15) is 64.1 Å². The summed E-state index contributed by atoms with van der Waals surface area (Å²) < 4.78 is 12.9. The second-order valence-electron chi connectivity index (χ2n) is 8.43. The van der Waals surface area contributed by atoms with Gasteiger partial charge in [0.1, 0.15) is 11.0 Å². The third-order valence-electron chi connectivity index (χ3n) is 6.41. The van der Waals surface area contributed by atoms with E-state index in [4.69, 9.17) is 26.1 Å². The standard InChI is InChI=1S/C22H29ClIN3O2/c1-14(15-6-8-16(9-7-15)29-20-4-2-3-11-28-20)5-10-19-25-12-17-21(27-19)18(24)13-26-22(17)23/h12-16,20H,2-11H2,1H3/t14?,15-,16-,20?. The van der Waals surface area contributed by atoms with Gasteiger partial charge in [-0.1, -0.05) is 18.5 Å². The Morgan fingerprint density at radius 3 is 2.76 bits per heavy atom.